The van der Waals surface area contributed by atoms with Crippen LogP contribution in [0.4, 0.5) is 19.1 Å². The fourth-order valence-corrected chi connectivity index (χ4v) is 5.02. The summed E-state index contributed by atoms with van der Waals surface area (Å²) in [6.45, 7) is 5.30. The highest BCUT2D eigenvalue weighted by Crippen LogP contribution is 2.33. The maximum atomic E-state index is 14.0. The van der Waals surface area contributed by atoms with Crippen LogP contribution in [-0.2, 0) is 30.4 Å². The van der Waals surface area contributed by atoms with Gasteiger partial charge in [-0.05, 0) is 60.5 Å². The molecule has 0 radical (unpaired) electrons. The zero-order valence-corrected chi connectivity index (χ0v) is 23.9. The Kier molecular flexibility index (Phi) is 8.61. The van der Waals surface area contributed by atoms with Crippen LogP contribution in [-0.4, -0.2) is 70.5 Å². The minimum atomic E-state index is -4.49. The summed E-state index contributed by atoms with van der Waals surface area (Å²) in [5, 5.41) is 7.18. The van der Waals surface area contributed by atoms with Gasteiger partial charge in [-0.2, -0.15) is 18.2 Å². The topological polar surface area (TPSA) is 65.8 Å². The SMILES string of the molecule is CNc1nc2cc(C#Cc3cc(CC(=O)Cc4ccc(CN5CCN(C)CC5)c(C(F)(F)F)c4)ccc3C)ccn2n1. The number of aromatic nitrogens is 3. The van der Waals surface area contributed by atoms with E-state index in [1.54, 1.807) is 23.8 Å². The number of nitrogens with one attached hydrogen (secondary N) is 1. The third-order valence-electron chi connectivity index (χ3n) is 7.48. The van der Waals surface area contributed by atoms with E-state index in [0.29, 0.717) is 17.2 Å². The van der Waals surface area contributed by atoms with Crippen LogP contribution < -0.4 is 5.32 Å². The number of carbonyl (C=O) groups is 1. The molecule has 218 valence electrons. The fourth-order valence-electron chi connectivity index (χ4n) is 5.02. The molecule has 0 saturated carbocycles. The molecule has 0 unspecified atom stereocenters. The van der Waals surface area contributed by atoms with E-state index in [2.05, 4.69) is 32.1 Å². The average Bonchev–Trinajstić information content (AvgIpc) is 3.37. The molecule has 1 aliphatic heterocycles. The maximum absolute atomic E-state index is 14.0. The van der Waals surface area contributed by atoms with Gasteiger partial charge in [-0.1, -0.05) is 36.1 Å². The van der Waals surface area contributed by atoms with Crippen molar-refractivity contribution < 1.29 is 18.0 Å². The Hall–Kier alpha value is -4.20. The maximum Gasteiger partial charge on any atom is 0.416 e. The summed E-state index contributed by atoms with van der Waals surface area (Å²) in [5.41, 5.74) is 3.91. The Bertz CT molecular complexity index is 1660. The zero-order chi connectivity index (χ0) is 29.9. The van der Waals surface area contributed by atoms with Crippen molar-refractivity contribution in [3.05, 3.63) is 93.7 Å². The van der Waals surface area contributed by atoms with Crippen LogP contribution in [0.5, 0.6) is 0 Å². The molecule has 0 spiro atoms. The van der Waals surface area contributed by atoms with Crippen LogP contribution in [0.3, 0.4) is 0 Å². The molecule has 7 nitrogen and oxygen atoms in total. The highest BCUT2D eigenvalue weighted by atomic mass is 19.4. The predicted molar refractivity (Wildman–Crippen MR) is 156 cm³/mol. The molecule has 5 rings (SSSR count). The lowest BCUT2D eigenvalue weighted by Crippen LogP contribution is -2.44. The van der Waals surface area contributed by atoms with E-state index in [1.807, 2.05) is 49.2 Å². The molecule has 4 aromatic rings. The van der Waals surface area contributed by atoms with Crippen LogP contribution in [0.15, 0.2) is 54.7 Å². The lowest BCUT2D eigenvalue weighted by molar-refractivity contribution is -0.138. The average molecular weight is 575 g/mol. The summed E-state index contributed by atoms with van der Waals surface area (Å²) >= 11 is 0. The standard InChI is InChI=1S/C32H33F3N6O/c1-22-4-5-24(16-26(22)8-6-23-10-11-41-30(20-23)37-31(36-2)38-41)17-28(42)18-25-7-9-27(29(19-25)32(33,34)35)21-40-14-12-39(3)13-15-40/h4-5,7,9-11,16,19-20H,12-15,17-18,21H2,1-3H3,(H,36,38). The van der Waals surface area contributed by atoms with Gasteiger partial charge in [0.15, 0.2) is 5.65 Å². The van der Waals surface area contributed by atoms with Crippen molar-refractivity contribution in [1.82, 2.24) is 24.4 Å². The number of nitrogens with zero attached hydrogens (tertiary/aromatic N) is 5. The van der Waals surface area contributed by atoms with E-state index in [9.17, 15) is 18.0 Å². The third kappa shape index (κ3) is 7.16. The summed E-state index contributed by atoms with van der Waals surface area (Å²) in [6.07, 6.45) is -2.66. The van der Waals surface area contributed by atoms with Gasteiger partial charge < -0.3 is 10.2 Å². The Morgan fingerprint density at radius 2 is 1.69 bits per heavy atom. The molecule has 3 heterocycles. The number of hydrogen-bond donors (Lipinski definition) is 1. The number of anilines is 1. The van der Waals surface area contributed by atoms with Gasteiger partial charge in [0.2, 0.25) is 5.95 Å². The first-order chi connectivity index (χ1) is 20.1. The molecule has 1 N–H and O–H groups in total. The van der Waals surface area contributed by atoms with Crippen molar-refractivity contribution in [2.45, 2.75) is 32.5 Å². The van der Waals surface area contributed by atoms with Gasteiger partial charge in [-0.25, -0.2) is 4.52 Å². The van der Waals surface area contributed by atoms with Crippen LogP contribution in [0.1, 0.15) is 38.9 Å². The van der Waals surface area contributed by atoms with Gasteiger partial charge in [-0.3, -0.25) is 9.69 Å². The largest absolute Gasteiger partial charge is 0.416 e. The van der Waals surface area contributed by atoms with E-state index in [0.717, 1.165) is 54.5 Å². The van der Waals surface area contributed by atoms with Crippen molar-refractivity contribution in [1.29, 1.82) is 0 Å². The third-order valence-corrected chi connectivity index (χ3v) is 7.48. The van der Waals surface area contributed by atoms with Crippen LogP contribution in [0.25, 0.3) is 5.65 Å². The Balaban J connectivity index is 1.27. The molecular weight excluding hydrogens is 541 g/mol. The molecule has 42 heavy (non-hydrogen) atoms. The molecule has 0 atom stereocenters. The van der Waals surface area contributed by atoms with Gasteiger partial charge >= 0.3 is 6.18 Å². The molecule has 0 aliphatic carbocycles. The van der Waals surface area contributed by atoms with Gasteiger partial charge in [0.05, 0.1) is 5.56 Å². The number of pyridine rings is 1. The number of benzene rings is 2. The van der Waals surface area contributed by atoms with Gasteiger partial charge in [0, 0.05) is 69.9 Å². The summed E-state index contributed by atoms with van der Waals surface area (Å²) in [4.78, 5) is 21.5. The molecule has 2 aromatic heterocycles. The van der Waals surface area contributed by atoms with E-state index in [1.165, 1.54) is 6.07 Å². The number of halogens is 3. The Morgan fingerprint density at radius 3 is 2.40 bits per heavy atom. The number of alkyl halides is 3. The molecule has 1 saturated heterocycles. The number of Topliss-reactive ketones (excluding diaryl/α,β-unsaturated/α-hetero) is 1. The molecule has 0 amide bonds. The minimum Gasteiger partial charge on any atom is -0.356 e. The number of hydrogen-bond acceptors (Lipinski definition) is 6. The van der Waals surface area contributed by atoms with E-state index in [-0.39, 0.29) is 30.7 Å². The molecule has 1 aliphatic rings. The van der Waals surface area contributed by atoms with E-state index >= 15 is 0 Å². The number of likely N-dealkylation sites (N-methyl/N-ethyl adjacent to an activating group) is 1. The van der Waals surface area contributed by atoms with Crippen molar-refractivity contribution in [2.24, 2.45) is 0 Å². The van der Waals surface area contributed by atoms with E-state index < -0.39 is 11.7 Å². The van der Waals surface area contributed by atoms with Crippen LogP contribution >= 0.6 is 0 Å². The summed E-state index contributed by atoms with van der Waals surface area (Å²) < 4.78 is 43.6. The smallest absolute Gasteiger partial charge is 0.356 e. The second kappa shape index (κ2) is 12.3. The second-order valence-corrected chi connectivity index (χ2v) is 10.8. The Labute approximate surface area is 243 Å². The molecule has 10 heteroatoms. The van der Waals surface area contributed by atoms with Crippen LogP contribution in [0.2, 0.25) is 0 Å². The first-order valence-electron chi connectivity index (χ1n) is 13.8. The number of carbonyl (C=O) groups excluding carboxylic acids is 1. The number of rotatable bonds is 7. The number of piperazine rings is 1. The summed E-state index contributed by atoms with van der Waals surface area (Å²) in [7, 11) is 3.76. The van der Waals surface area contributed by atoms with Crippen molar-refractivity contribution in [3.63, 3.8) is 0 Å². The van der Waals surface area contributed by atoms with Crippen molar-refractivity contribution >= 4 is 17.4 Å². The van der Waals surface area contributed by atoms with Crippen LogP contribution in [0, 0.1) is 18.8 Å². The van der Waals surface area contributed by atoms with Gasteiger partial charge in [0.1, 0.15) is 5.78 Å². The quantitative estimate of drug-likeness (QED) is 0.326. The predicted octanol–water partition coefficient (Wildman–Crippen LogP) is 4.60. The summed E-state index contributed by atoms with van der Waals surface area (Å²) in [5.74, 6) is 6.69. The lowest BCUT2D eigenvalue weighted by atomic mass is 9.96. The molecular formula is C32H33F3N6O. The van der Waals surface area contributed by atoms with Gasteiger partial charge in [0.25, 0.3) is 0 Å². The number of ketones is 1. The van der Waals surface area contributed by atoms with Crippen molar-refractivity contribution in [3.8, 4) is 11.8 Å². The highest BCUT2D eigenvalue weighted by molar-refractivity contribution is 5.83. The molecule has 0 bridgehead atoms. The second-order valence-electron chi connectivity index (χ2n) is 10.8. The molecule has 2 aromatic carbocycles. The number of fused-ring (bicyclic) bond motifs is 1. The normalized spacial score (nSPS) is 14.5. The van der Waals surface area contributed by atoms with E-state index in [4.69, 9.17) is 0 Å². The van der Waals surface area contributed by atoms with Crippen molar-refractivity contribution in [2.75, 3.05) is 45.6 Å². The fraction of sp³-hybridized carbons (Fsp3) is 0.344. The first kappa shape index (κ1) is 29.3. The Morgan fingerprint density at radius 1 is 0.976 bits per heavy atom. The van der Waals surface area contributed by atoms with Gasteiger partial charge in [-0.15, -0.1) is 5.10 Å². The first-order valence-corrected chi connectivity index (χ1v) is 13.8. The monoisotopic (exact) mass is 574 g/mol. The highest BCUT2D eigenvalue weighted by Gasteiger charge is 2.34. The minimum absolute atomic E-state index is 0.0697. The molecule has 1 fully saturated rings. The zero-order valence-electron chi connectivity index (χ0n) is 23.9. The number of aryl methyl sites for hydroxylation is 1. The lowest BCUT2D eigenvalue weighted by Gasteiger charge is -2.33. The summed E-state index contributed by atoms with van der Waals surface area (Å²) in [6, 6.07) is 13.6.